The Bertz CT molecular complexity index is 725. The van der Waals surface area contributed by atoms with Gasteiger partial charge in [0.25, 0.3) is 0 Å². The molecule has 1 aromatic carbocycles. The zero-order valence-corrected chi connectivity index (χ0v) is 11.8. The second-order valence-electron chi connectivity index (χ2n) is 5.02. The number of aromatic nitrogens is 4. The van der Waals surface area contributed by atoms with Crippen molar-refractivity contribution >= 4 is 10.9 Å². The third-order valence-corrected chi connectivity index (χ3v) is 3.68. The largest absolute Gasteiger partial charge is 0.336 e. The third-order valence-electron chi connectivity index (χ3n) is 3.68. The van der Waals surface area contributed by atoms with Gasteiger partial charge in [0.15, 0.2) is 0 Å². The molecular weight excluding hydrogens is 250 g/mol. The molecule has 20 heavy (non-hydrogen) atoms. The Balaban J connectivity index is 1.97. The Labute approximate surface area is 118 Å². The lowest BCUT2D eigenvalue weighted by Crippen LogP contribution is -2.17. The summed E-state index contributed by atoms with van der Waals surface area (Å²) in [6, 6.07) is 8.21. The SMILES string of the molecule is CCn1nc(CC(N)c2cncn2C)c2ccccc21. The summed E-state index contributed by atoms with van der Waals surface area (Å²) < 4.78 is 3.99. The first kappa shape index (κ1) is 12.9. The molecule has 0 radical (unpaired) electrons. The molecule has 2 heterocycles. The van der Waals surface area contributed by atoms with Crippen LogP contribution >= 0.6 is 0 Å². The molecule has 3 aromatic rings. The van der Waals surface area contributed by atoms with Gasteiger partial charge in [-0.25, -0.2) is 4.98 Å². The molecule has 0 fully saturated rings. The number of para-hydroxylation sites is 1. The summed E-state index contributed by atoms with van der Waals surface area (Å²) >= 11 is 0. The monoisotopic (exact) mass is 269 g/mol. The second kappa shape index (κ2) is 5.09. The molecule has 1 unspecified atom stereocenters. The minimum absolute atomic E-state index is 0.0916. The van der Waals surface area contributed by atoms with E-state index in [2.05, 4.69) is 24.0 Å². The first-order valence-corrected chi connectivity index (χ1v) is 6.87. The predicted octanol–water partition coefficient (Wildman–Crippen LogP) is 2.03. The van der Waals surface area contributed by atoms with Gasteiger partial charge in [-0.15, -0.1) is 0 Å². The van der Waals surface area contributed by atoms with Crippen LogP contribution in [0, 0.1) is 0 Å². The van der Waals surface area contributed by atoms with Crippen LogP contribution in [0.25, 0.3) is 10.9 Å². The lowest BCUT2D eigenvalue weighted by atomic mass is 10.1. The number of nitrogens with two attached hydrogens (primary N) is 1. The molecule has 5 nitrogen and oxygen atoms in total. The van der Waals surface area contributed by atoms with Gasteiger partial charge < -0.3 is 10.3 Å². The van der Waals surface area contributed by atoms with E-state index in [1.54, 1.807) is 6.33 Å². The molecule has 3 rings (SSSR count). The molecule has 0 aliphatic heterocycles. The predicted molar refractivity (Wildman–Crippen MR) is 79.2 cm³/mol. The Kier molecular flexibility index (Phi) is 3.28. The Morgan fingerprint density at radius 1 is 1.30 bits per heavy atom. The molecule has 0 aliphatic carbocycles. The Morgan fingerprint density at radius 3 is 2.80 bits per heavy atom. The van der Waals surface area contributed by atoms with Crippen LogP contribution in [0.1, 0.15) is 24.4 Å². The van der Waals surface area contributed by atoms with Gasteiger partial charge in [-0.1, -0.05) is 18.2 Å². The van der Waals surface area contributed by atoms with E-state index in [9.17, 15) is 0 Å². The van der Waals surface area contributed by atoms with E-state index >= 15 is 0 Å². The number of nitrogens with zero attached hydrogens (tertiary/aromatic N) is 4. The first-order chi connectivity index (χ1) is 9.70. The fraction of sp³-hybridized carbons (Fsp3) is 0.333. The summed E-state index contributed by atoms with van der Waals surface area (Å²) in [6.45, 7) is 2.96. The third kappa shape index (κ3) is 2.10. The van der Waals surface area contributed by atoms with E-state index in [4.69, 9.17) is 10.8 Å². The van der Waals surface area contributed by atoms with Crippen LogP contribution < -0.4 is 5.73 Å². The van der Waals surface area contributed by atoms with Crippen molar-refractivity contribution in [3.05, 3.63) is 48.2 Å². The molecule has 0 spiro atoms. The second-order valence-corrected chi connectivity index (χ2v) is 5.02. The number of aryl methyl sites for hydroxylation is 2. The zero-order valence-electron chi connectivity index (χ0n) is 11.8. The number of hydrogen-bond acceptors (Lipinski definition) is 3. The van der Waals surface area contributed by atoms with Crippen molar-refractivity contribution in [2.24, 2.45) is 12.8 Å². The smallest absolute Gasteiger partial charge is 0.0946 e. The van der Waals surface area contributed by atoms with Crippen molar-refractivity contribution < 1.29 is 0 Å². The molecule has 104 valence electrons. The molecular formula is C15H19N5. The molecule has 2 N–H and O–H groups in total. The molecule has 0 aliphatic rings. The van der Waals surface area contributed by atoms with Gasteiger partial charge in [0, 0.05) is 31.6 Å². The molecule has 1 atom stereocenters. The number of imidazole rings is 1. The molecule has 0 saturated carbocycles. The van der Waals surface area contributed by atoms with Crippen LogP contribution in [0.15, 0.2) is 36.8 Å². The van der Waals surface area contributed by atoms with Crippen molar-refractivity contribution in [1.82, 2.24) is 19.3 Å². The van der Waals surface area contributed by atoms with Crippen LogP contribution in [-0.2, 0) is 20.0 Å². The van der Waals surface area contributed by atoms with Crippen molar-refractivity contribution in [3.63, 3.8) is 0 Å². The summed E-state index contributed by atoms with van der Waals surface area (Å²) in [6.07, 6.45) is 4.31. The number of benzene rings is 1. The van der Waals surface area contributed by atoms with E-state index in [1.165, 1.54) is 10.9 Å². The maximum atomic E-state index is 6.30. The van der Waals surface area contributed by atoms with Crippen molar-refractivity contribution in [1.29, 1.82) is 0 Å². The summed E-state index contributed by atoms with van der Waals surface area (Å²) in [5.74, 6) is 0. The topological polar surface area (TPSA) is 61.7 Å². The van der Waals surface area contributed by atoms with E-state index < -0.39 is 0 Å². The van der Waals surface area contributed by atoms with Gasteiger partial charge in [0.05, 0.1) is 29.3 Å². The number of hydrogen-bond donors (Lipinski definition) is 1. The lowest BCUT2D eigenvalue weighted by Gasteiger charge is -2.10. The average molecular weight is 269 g/mol. The molecule has 2 aromatic heterocycles. The van der Waals surface area contributed by atoms with Gasteiger partial charge in [0.2, 0.25) is 0 Å². The van der Waals surface area contributed by atoms with Gasteiger partial charge in [-0.05, 0) is 13.0 Å². The van der Waals surface area contributed by atoms with E-state index in [0.29, 0.717) is 6.42 Å². The van der Waals surface area contributed by atoms with Crippen molar-refractivity contribution in [3.8, 4) is 0 Å². The lowest BCUT2D eigenvalue weighted by molar-refractivity contribution is 0.619. The van der Waals surface area contributed by atoms with Crippen molar-refractivity contribution in [2.45, 2.75) is 25.9 Å². The maximum absolute atomic E-state index is 6.30. The van der Waals surface area contributed by atoms with E-state index in [0.717, 1.165) is 17.9 Å². The van der Waals surface area contributed by atoms with Crippen molar-refractivity contribution in [2.75, 3.05) is 0 Å². The van der Waals surface area contributed by atoms with Crippen LogP contribution in [0.4, 0.5) is 0 Å². The highest BCUT2D eigenvalue weighted by molar-refractivity contribution is 5.82. The fourth-order valence-corrected chi connectivity index (χ4v) is 2.63. The molecule has 0 amide bonds. The summed E-state index contributed by atoms with van der Waals surface area (Å²) in [5.41, 5.74) is 9.55. The average Bonchev–Trinajstić information content (AvgIpc) is 3.03. The van der Waals surface area contributed by atoms with Crippen LogP contribution in [-0.4, -0.2) is 19.3 Å². The highest BCUT2D eigenvalue weighted by Crippen LogP contribution is 2.22. The Morgan fingerprint density at radius 2 is 2.10 bits per heavy atom. The normalized spacial score (nSPS) is 12.9. The minimum Gasteiger partial charge on any atom is -0.336 e. The van der Waals surface area contributed by atoms with Crippen LogP contribution in [0.2, 0.25) is 0 Å². The van der Waals surface area contributed by atoms with Crippen LogP contribution in [0.3, 0.4) is 0 Å². The number of rotatable bonds is 4. The molecule has 0 saturated heterocycles. The standard InChI is InChI=1S/C15H19N5/c1-3-20-14-7-5-4-6-11(14)13(18-20)8-12(16)15-9-17-10-19(15)2/h4-7,9-10,12H,3,8,16H2,1-2H3. The summed E-state index contributed by atoms with van der Waals surface area (Å²) in [7, 11) is 1.96. The fourth-order valence-electron chi connectivity index (χ4n) is 2.63. The minimum atomic E-state index is -0.0916. The van der Waals surface area contributed by atoms with Crippen LogP contribution in [0.5, 0.6) is 0 Å². The van der Waals surface area contributed by atoms with Gasteiger partial charge in [-0.3, -0.25) is 4.68 Å². The first-order valence-electron chi connectivity index (χ1n) is 6.87. The number of fused-ring (bicyclic) bond motifs is 1. The van der Waals surface area contributed by atoms with Gasteiger partial charge >= 0.3 is 0 Å². The molecule has 0 bridgehead atoms. The van der Waals surface area contributed by atoms with E-state index in [1.807, 2.05) is 34.6 Å². The summed E-state index contributed by atoms with van der Waals surface area (Å²) in [4.78, 5) is 4.13. The van der Waals surface area contributed by atoms with Gasteiger partial charge in [0.1, 0.15) is 0 Å². The Hall–Kier alpha value is -2.14. The summed E-state index contributed by atoms with van der Waals surface area (Å²) in [5, 5.41) is 5.88. The zero-order chi connectivity index (χ0) is 14.1. The highest BCUT2D eigenvalue weighted by Gasteiger charge is 2.16. The molecule has 5 heteroatoms. The maximum Gasteiger partial charge on any atom is 0.0946 e. The highest BCUT2D eigenvalue weighted by atomic mass is 15.3. The van der Waals surface area contributed by atoms with Gasteiger partial charge in [-0.2, -0.15) is 5.10 Å². The van der Waals surface area contributed by atoms with E-state index in [-0.39, 0.29) is 6.04 Å². The quantitative estimate of drug-likeness (QED) is 0.788.